The fraction of sp³-hybridized carbons (Fsp3) is 0.286. The molecular weight excluding hydrogens is 338 g/mol. The molecule has 0 saturated heterocycles. The maximum Gasteiger partial charge on any atom is 0.225 e. The van der Waals surface area contributed by atoms with Crippen molar-refractivity contribution < 1.29 is 5.11 Å². The number of nitrogens with zero attached hydrogens (tertiary/aromatic N) is 3. The van der Waals surface area contributed by atoms with Crippen LogP contribution in [0.1, 0.15) is 23.6 Å². The maximum absolute atomic E-state index is 9.34. The van der Waals surface area contributed by atoms with Crippen LogP contribution in [0, 0.1) is 20.8 Å². The lowest BCUT2D eigenvalue weighted by molar-refractivity contribution is 0.281. The number of nitrogens with one attached hydrogen (secondary N) is 2. The van der Waals surface area contributed by atoms with Crippen molar-refractivity contribution in [1.82, 2.24) is 15.0 Å². The summed E-state index contributed by atoms with van der Waals surface area (Å²) < 4.78 is 0. The fourth-order valence-corrected chi connectivity index (χ4v) is 3.01. The number of hydrogen-bond donors (Lipinski definition) is 3. The van der Waals surface area contributed by atoms with E-state index in [2.05, 4.69) is 58.5 Å². The van der Waals surface area contributed by atoms with E-state index in [4.69, 9.17) is 0 Å². The molecule has 3 N–H and O–H groups in total. The molecule has 0 aliphatic heterocycles. The number of hydrogen-bond acceptors (Lipinski definition) is 6. The van der Waals surface area contributed by atoms with E-state index >= 15 is 0 Å². The molecule has 0 aliphatic carbocycles. The van der Waals surface area contributed by atoms with Crippen LogP contribution in [0.3, 0.4) is 0 Å². The van der Waals surface area contributed by atoms with Crippen molar-refractivity contribution in [2.45, 2.75) is 33.7 Å². The number of anilines is 3. The van der Waals surface area contributed by atoms with Gasteiger partial charge in [-0.25, -0.2) is 4.98 Å². The SMILES string of the molecule is Cc1cc(C)c(Nc2cc(-c3cccnc3)nc(N[C@H](C)CO)n2)c(C)c1. The van der Waals surface area contributed by atoms with Crippen molar-refractivity contribution in [2.75, 3.05) is 17.2 Å². The lowest BCUT2D eigenvalue weighted by atomic mass is 10.1. The quantitative estimate of drug-likeness (QED) is 0.614. The Morgan fingerprint density at radius 2 is 1.81 bits per heavy atom. The van der Waals surface area contributed by atoms with Gasteiger partial charge in [0.1, 0.15) is 5.82 Å². The van der Waals surface area contributed by atoms with E-state index in [1.54, 1.807) is 12.4 Å². The van der Waals surface area contributed by atoms with Crippen LogP contribution in [0.5, 0.6) is 0 Å². The van der Waals surface area contributed by atoms with Crippen molar-refractivity contribution in [2.24, 2.45) is 0 Å². The molecule has 6 nitrogen and oxygen atoms in total. The number of aliphatic hydroxyl groups is 1. The topological polar surface area (TPSA) is 83.0 Å². The Balaban J connectivity index is 2.02. The highest BCUT2D eigenvalue weighted by Gasteiger charge is 2.11. The summed E-state index contributed by atoms with van der Waals surface area (Å²) in [6.07, 6.45) is 3.50. The van der Waals surface area contributed by atoms with Crippen LogP contribution in [0.15, 0.2) is 42.7 Å². The van der Waals surface area contributed by atoms with Crippen LogP contribution in [0.2, 0.25) is 0 Å². The molecule has 2 heterocycles. The molecule has 0 spiro atoms. The van der Waals surface area contributed by atoms with Crippen LogP contribution in [0.4, 0.5) is 17.5 Å². The highest BCUT2D eigenvalue weighted by molar-refractivity contribution is 5.70. The van der Waals surface area contributed by atoms with E-state index in [1.165, 1.54) is 5.56 Å². The van der Waals surface area contributed by atoms with E-state index in [9.17, 15) is 5.11 Å². The zero-order valence-corrected chi connectivity index (χ0v) is 16.1. The first-order valence-electron chi connectivity index (χ1n) is 8.98. The van der Waals surface area contributed by atoms with E-state index < -0.39 is 0 Å². The van der Waals surface area contributed by atoms with Gasteiger partial charge in [0.05, 0.1) is 12.3 Å². The summed E-state index contributed by atoms with van der Waals surface area (Å²) in [6.45, 7) is 8.13. The molecule has 0 radical (unpaired) electrons. The Morgan fingerprint density at radius 1 is 1.07 bits per heavy atom. The minimum absolute atomic E-state index is 0.000575. The van der Waals surface area contributed by atoms with Gasteiger partial charge in [-0.3, -0.25) is 4.98 Å². The Morgan fingerprint density at radius 3 is 2.44 bits per heavy atom. The van der Waals surface area contributed by atoms with Gasteiger partial charge in [0.25, 0.3) is 0 Å². The van der Waals surface area contributed by atoms with Crippen LogP contribution < -0.4 is 10.6 Å². The smallest absolute Gasteiger partial charge is 0.225 e. The van der Waals surface area contributed by atoms with E-state index in [0.717, 1.165) is 28.1 Å². The molecule has 2 aromatic heterocycles. The van der Waals surface area contributed by atoms with Gasteiger partial charge in [-0.15, -0.1) is 0 Å². The van der Waals surface area contributed by atoms with Gasteiger partial charge in [-0.2, -0.15) is 4.98 Å². The molecule has 140 valence electrons. The molecular formula is C21H25N5O. The molecule has 0 saturated carbocycles. The predicted octanol–water partition coefficient (Wildman–Crippen LogP) is 4.00. The van der Waals surface area contributed by atoms with Gasteiger partial charge in [-0.05, 0) is 51.0 Å². The monoisotopic (exact) mass is 363 g/mol. The first-order valence-corrected chi connectivity index (χ1v) is 8.98. The third-order valence-corrected chi connectivity index (χ3v) is 4.26. The van der Waals surface area contributed by atoms with E-state index in [1.807, 2.05) is 25.1 Å². The van der Waals surface area contributed by atoms with Gasteiger partial charge in [0.2, 0.25) is 5.95 Å². The second kappa shape index (κ2) is 8.14. The molecule has 0 fully saturated rings. The maximum atomic E-state index is 9.34. The summed E-state index contributed by atoms with van der Waals surface area (Å²) in [5.41, 5.74) is 6.25. The summed E-state index contributed by atoms with van der Waals surface area (Å²) in [5, 5.41) is 15.9. The summed E-state index contributed by atoms with van der Waals surface area (Å²) in [6, 6.07) is 9.88. The first-order chi connectivity index (χ1) is 13.0. The van der Waals surface area contributed by atoms with Crippen LogP contribution in [0.25, 0.3) is 11.3 Å². The number of pyridine rings is 1. The molecule has 3 rings (SSSR count). The number of rotatable bonds is 6. The zero-order chi connectivity index (χ0) is 19.4. The predicted molar refractivity (Wildman–Crippen MR) is 109 cm³/mol. The van der Waals surface area contributed by atoms with Crippen LogP contribution in [-0.4, -0.2) is 32.7 Å². The van der Waals surface area contributed by atoms with Gasteiger partial charge < -0.3 is 15.7 Å². The minimum atomic E-state index is -0.148. The normalized spacial score (nSPS) is 11.9. The lowest BCUT2D eigenvalue weighted by Gasteiger charge is -2.16. The highest BCUT2D eigenvalue weighted by Crippen LogP contribution is 2.28. The Kier molecular flexibility index (Phi) is 5.66. The molecule has 0 bridgehead atoms. The third-order valence-electron chi connectivity index (χ3n) is 4.26. The van der Waals surface area contributed by atoms with Crippen molar-refractivity contribution in [1.29, 1.82) is 0 Å². The van der Waals surface area contributed by atoms with E-state index in [-0.39, 0.29) is 12.6 Å². The number of aromatic nitrogens is 3. The highest BCUT2D eigenvalue weighted by atomic mass is 16.3. The van der Waals surface area contributed by atoms with Gasteiger partial charge in [0, 0.05) is 35.8 Å². The molecule has 27 heavy (non-hydrogen) atoms. The molecule has 3 aromatic rings. The number of aryl methyl sites for hydroxylation is 3. The summed E-state index contributed by atoms with van der Waals surface area (Å²) in [5.74, 6) is 1.15. The average Bonchev–Trinajstić information content (AvgIpc) is 2.65. The average molecular weight is 363 g/mol. The molecule has 0 aliphatic rings. The van der Waals surface area contributed by atoms with Gasteiger partial charge in [0.15, 0.2) is 0 Å². The standard InChI is InChI=1S/C21H25N5O/c1-13-8-14(2)20(15(3)9-13)25-19-10-18(17-6-5-7-22-11-17)24-21(26-19)23-16(4)12-27/h5-11,16,27H,12H2,1-4H3,(H2,23,24,25,26)/t16-/m1/s1. The number of aliphatic hydroxyl groups excluding tert-OH is 1. The molecule has 1 aromatic carbocycles. The number of benzene rings is 1. The minimum Gasteiger partial charge on any atom is -0.394 e. The first kappa shape index (κ1) is 18.8. The van der Waals surface area contributed by atoms with Crippen molar-refractivity contribution in [3.05, 3.63) is 59.4 Å². The molecule has 0 unspecified atom stereocenters. The van der Waals surface area contributed by atoms with Gasteiger partial charge >= 0.3 is 0 Å². The third kappa shape index (κ3) is 4.60. The zero-order valence-electron chi connectivity index (χ0n) is 16.1. The largest absolute Gasteiger partial charge is 0.394 e. The summed E-state index contributed by atoms with van der Waals surface area (Å²) in [4.78, 5) is 13.3. The second-order valence-electron chi connectivity index (χ2n) is 6.83. The molecule has 6 heteroatoms. The van der Waals surface area contributed by atoms with Crippen molar-refractivity contribution in [3.63, 3.8) is 0 Å². The second-order valence-corrected chi connectivity index (χ2v) is 6.83. The Hall–Kier alpha value is -2.99. The lowest BCUT2D eigenvalue weighted by Crippen LogP contribution is -2.21. The van der Waals surface area contributed by atoms with Crippen LogP contribution in [-0.2, 0) is 0 Å². The Labute approximate surface area is 159 Å². The fourth-order valence-electron chi connectivity index (χ4n) is 3.01. The van der Waals surface area contributed by atoms with Crippen molar-refractivity contribution in [3.8, 4) is 11.3 Å². The summed E-state index contributed by atoms with van der Waals surface area (Å²) in [7, 11) is 0. The van der Waals surface area contributed by atoms with Crippen LogP contribution >= 0.6 is 0 Å². The molecule has 0 amide bonds. The Bertz CT molecular complexity index is 904. The molecule has 1 atom stereocenters. The summed E-state index contributed by atoms with van der Waals surface area (Å²) >= 11 is 0. The van der Waals surface area contributed by atoms with Gasteiger partial charge in [-0.1, -0.05) is 17.7 Å². The van der Waals surface area contributed by atoms with Crippen molar-refractivity contribution >= 4 is 17.5 Å². The van der Waals surface area contributed by atoms with E-state index in [0.29, 0.717) is 11.8 Å².